The van der Waals surface area contributed by atoms with Gasteiger partial charge in [-0.25, -0.2) is 4.98 Å². The number of amides is 1. The maximum Gasteiger partial charge on any atom is 0.223 e. The topological polar surface area (TPSA) is 46.9 Å². The summed E-state index contributed by atoms with van der Waals surface area (Å²) in [7, 11) is 0. The van der Waals surface area contributed by atoms with E-state index in [0.717, 1.165) is 36.2 Å². The zero-order valence-electron chi connectivity index (χ0n) is 15.6. The number of aryl methyl sites for hydroxylation is 2. The average molecular weight is 347 g/mol. The number of para-hydroxylation sites is 2. The highest BCUT2D eigenvalue weighted by Gasteiger charge is 2.31. The lowest BCUT2D eigenvalue weighted by atomic mass is 10.1. The smallest absolute Gasteiger partial charge is 0.223 e. The lowest BCUT2D eigenvalue weighted by Gasteiger charge is -2.17. The molecular weight excluding hydrogens is 322 g/mol. The summed E-state index contributed by atoms with van der Waals surface area (Å²) in [6, 6.07) is 14.6. The van der Waals surface area contributed by atoms with Crippen LogP contribution in [0.4, 0.5) is 0 Å². The number of rotatable bonds is 5. The predicted octanol–water partition coefficient (Wildman–Crippen LogP) is 4.29. The molecule has 1 aliphatic rings. The average Bonchev–Trinajstić information content (AvgIpc) is 3.41. The molecule has 26 heavy (non-hydrogen) atoms. The van der Waals surface area contributed by atoms with Gasteiger partial charge in [-0.15, -0.1) is 0 Å². The number of nitrogens with zero attached hydrogens (tertiary/aromatic N) is 2. The van der Waals surface area contributed by atoms with Gasteiger partial charge in [-0.1, -0.05) is 35.9 Å². The number of carbonyl (C=O) groups excluding carboxylic acids is 1. The van der Waals surface area contributed by atoms with Crippen LogP contribution >= 0.6 is 0 Å². The standard InChI is InChI=1S/C22H25N3O/c1-14-8-9-15(2)18(12-14)13-25-20-7-5-4-6-19(20)24-21(25)16(3)23-22(26)17-10-11-17/h4-9,12,16-17H,10-11,13H2,1-3H3,(H,23,26). The number of hydrogen-bond donors (Lipinski definition) is 1. The van der Waals surface area contributed by atoms with E-state index < -0.39 is 0 Å². The molecule has 4 nitrogen and oxygen atoms in total. The zero-order chi connectivity index (χ0) is 18.3. The lowest BCUT2D eigenvalue weighted by Crippen LogP contribution is -2.30. The number of nitrogens with one attached hydrogen (secondary N) is 1. The van der Waals surface area contributed by atoms with Crippen molar-refractivity contribution in [3.63, 3.8) is 0 Å². The molecule has 2 aromatic carbocycles. The van der Waals surface area contributed by atoms with Gasteiger partial charge in [0.15, 0.2) is 0 Å². The third-order valence-electron chi connectivity index (χ3n) is 5.21. The van der Waals surface area contributed by atoms with Crippen LogP contribution in [0.3, 0.4) is 0 Å². The van der Waals surface area contributed by atoms with E-state index in [2.05, 4.69) is 48.0 Å². The van der Waals surface area contributed by atoms with Crippen LogP contribution in [0.1, 0.15) is 48.3 Å². The fourth-order valence-corrected chi connectivity index (χ4v) is 3.47. The minimum Gasteiger partial charge on any atom is -0.346 e. The first-order valence-electron chi connectivity index (χ1n) is 9.34. The lowest BCUT2D eigenvalue weighted by molar-refractivity contribution is -0.123. The van der Waals surface area contributed by atoms with Gasteiger partial charge in [-0.2, -0.15) is 0 Å². The van der Waals surface area contributed by atoms with Gasteiger partial charge in [0, 0.05) is 12.5 Å². The first-order chi connectivity index (χ1) is 12.5. The molecule has 3 aromatic rings. The second-order valence-electron chi connectivity index (χ2n) is 7.48. The summed E-state index contributed by atoms with van der Waals surface area (Å²) in [4.78, 5) is 17.1. The number of imidazole rings is 1. The highest BCUT2D eigenvalue weighted by molar-refractivity contribution is 5.81. The molecule has 1 unspecified atom stereocenters. The third kappa shape index (κ3) is 3.24. The van der Waals surface area contributed by atoms with Crippen LogP contribution < -0.4 is 5.32 Å². The van der Waals surface area contributed by atoms with Gasteiger partial charge >= 0.3 is 0 Å². The molecule has 1 N–H and O–H groups in total. The van der Waals surface area contributed by atoms with Gasteiger partial charge < -0.3 is 9.88 Å². The second-order valence-corrected chi connectivity index (χ2v) is 7.48. The fraction of sp³-hybridized carbons (Fsp3) is 0.364. The number of carbonyl (C=O) groups is 1. The first kappa shape index (κ1) is 16.8. The number of benzene rings is 2. The number of aromatic nitrogens is 2. The molecule has 134 valence electrons. The molecule has 4 heteroatoms. The summed E-state index contributed by atoms with van der Waals surface area (Å²) in [5, 5.41) is 3.15. The van der Waals surface area contributed by atoms with Crippen molar-refractivity contribution in [2.45, 2.75) is 46.2 Å². The van der Waals surface area contributed by atoms with Crippen LogP contribution in [0.5, 0.6) is 0 Å². The van der Waals surface area contributed by atoms with Gasteiger partial charge in [-0.05, 0) is 56.9 Å². The van der Waals surface area contributed by atoms with Crippen LogP contribution in [-0.4, -0.2) is 15.5 Å². The Hall–Kier alpha value is -2.62. The van der Waals surface area contributed by atoms with Crippen LogP contribution in [0, 0.1) is 19.8 Å². The monoisotopic (exact) mass is 347 g/mol. The molecule has 1 atom stereocenters. The Morgan fingerprint density at radius 2 is 2.00 bits per heavy atom. The van der Waals surface area contributed by atoms with E-state index in [9.17, 15) is 4.79 Å². The molecule has 1 heterocycles. The number of hydrogen-bond acceptors (Lipinski definition) is 2. The number of fused-ring (bicyclic) bond motifs is 1. The van der Waals surface area contributed by atoms with Crippen molar-refractivity contribution < 1.29 is 4.79 Å². The molecule has 1 fully saturated rings. The summed E-state index contributed by atoms with van der Waals surface area (Å²) >= 11 is 0. The molecule has 0 aliphatic heterocycles. The van der Waals surface area contributed by atoms with Crippen molar-refractivity contribution in [3.05, 3.63) is 65.0 Å². The SMILES string of the molecule is Cc1ccc(C)c(Cn2c(C(C)NC(=O)C3CC3)nc3ccccc32)c1. The highest BCUT2D eigenvalue weighted by atomic mass is 16.2. The minimum atomic E-state index is -0.111. The van der Waals surface area contributed by atoms with E-state index >= 15 is 0 Å². The summed E-state index contributed by atoms with van der Waals surface area (Å²) in [5.41, 5.74) is 5.90. The van der Waals surface area contributed by atoms with Crippen molar-refractivity contribution >= 4 is 16.9 Å². The highest BCUT2D eigenvalue weighted by Crippen LogP contribution is 2.30. The van der Waals surface area contributed by atoms with Crippen LogP contribution in [-0.2, 0) is 11.3 Å². The summed E-state index contributed by atoms with van der Waals surface area (Å²) in [6.45, 7) is 7.05. The van der Waals surface area contributed by atoms with Crippen LogP contribution in [0.2, 0.25) is 0 Å². The molecule has 0 spiro atoms. The molecule has 1 aliphatic carbocycles. The Balaban J connectivity index is 1.73. The third-order valence-corrected chi connectivity index (χ3v) is 5.21. The molecule has 0 radical (unpaired) electrons. The quantitative estimate of drug-likeness (QED) is 0.748. The maximum atomic E-state index is 12.2. The molecule has 1 amide bonds. The van der Waals surface area contributed by atoms with Crippen LogP contribution in [0.25, 0.3) is 11.0 Å². The zero-order valence-corrected chi connectivity index (χ0v) is 15.6. The predicted molar refractivity (Wildman–Crippen MR) is 104 cm³/mol. The molecule has 1 aromatic heterocycles. The molecule has 0 bridgehead atoms. The van der Waals surface area contributed by atoms with E-state index in [1.165, 1.54) is 16.7 Å². The largest absolute Gasteiger partial charge is 0.346 e. The normalized spacial score (nSPS) is 15.2. The molecule has 0 saturated heterocycles. The van der Waals surface area contributed by atoms with Crippen molar-refractivity contribution in [2.75, 3.05) is 0 Å². The van der Waals surface area contributed by atoms with E-state index in [0.29, 0.717) is 0 Å². The van der Waals surface area contributed by atoms with Gasteiger partial charge in [0.25, 0.3) is 0 Å². The van der Waals surface area contributed by atoms with Gasteiger partial charge in [0.2, 0.25) is 5.91 Å². The molecular formula is C22H25N3O. The molecule has 4 rings (SSSR count). The van der Waals surface area contributed by atoms with Gasteiger partial charge in [0.1, 0.15) is 5.82 Å². The van der Waals surface area contributed by atoms with Crippen molar-refractivity contribution in [1.82, 2.24) is 14.9 Å². The second kappa shape index (κ2) is 6.60. The Bertz CT molecular complexity index is 969. The Morgan fingerprint density at radius 1 is 1.23 bits per heavy atom. The first-order valence-corrected chi connectivity index (χ1v) is 9.34. The van der Waals surface area contributed by atoms with E-state index in [-0.39, 0.29) is 17.9 Å². The van der Waals surface area contributed by atoms with Crippen molar-refractivity contribution in [1.29, 1.82) is 0 Å². The van der Waals surface area contributed by atoms with Crippen LogP contribution in [0.15, 0.2) is 42.5 Å². The van der Waals surface area contributed by atoms with Gasteiger partial charge in [-0.3, -0.25) is 4.79 Å². The summed E-state index contributed by atoms with van der Waals surface area (Å²) in [6.07, 6.45) is 2.02. The minimum absolute atomic E-state index is 0.111. The fourth-order valence-electron chi connectivity index (χ4n) is 3.47. The Labute approximate surface area is 154 Å². The Morgan fingerprint density at radius 3 is 2.77 bits per heavy atom. The maximum absolute atomic E-state index is 12.2. The molecule has 1 saturated carbocycles. The Kier molecular flexibility index (Phi) is 4.27. The van der Waals surface area contributed by atoms with Crippen molar-refractivity contribution in [3.8, 4) is 0 Å². The van der Waals surface area contributed by atoms with E-state index in [1.807, 2.05) is 25.1 Å². The van der Waals surface area contributed by atoms with E-state index in [1.54, 1.807) is 0 Å². The van der Waals surface area contributed by atoms with Gasteiger partial charge in [0.05, 0.1) is 17.1 Å². The van der Waals surface area contributed by atoms with E-state index in [4.69, 9.17) is 4.98 Å². The summed E-state index contributed by atoms with van der Waals surface area (Å²) in [5.74, 6) is 1.28. The van der Waals surface area contributed by atoms with Crippen molar-refractivity contribution in [2.24, 2.45) is 5.92 Å². The summed E-state index contributed by atoms with van der Waals surface area (Å²) < 4.78 is 2.24.